The summed E-state index contributed by atoms with van der Waals surface area (Å²) in [7, 11) is 0. The quantitative estimate of drug-likeness (QED) is 0.788. The lowest BCUT2D eigenvalue weighted by Gasteiger charge is -2.55. The molecule has 3 aromatic rings. The zero-order chi connectivity index (χ0) is 17.7. The summed E-state index contributed by atoms with van der Waals surface area (Å²) in [5.41, 5.74) is 10.5. The molecule has 132 valence electrons. The van der Waals surface area contributed by atoms with Crippen LogP contribution in [-0.2, 0) is 0 Å². The SMILES string of the molecule is Cc1c(-c2cnc(N3CC4(CCC4)C3)nc2)nn(-c2ccccc2)c1N. The standard InChI is InChI=1S/C20H22N6/c1-14-17(24-26(18(14)21)16-6-3-2-4-7-16)15-10-22-19(23-11-15)25-12-20(13-25)8-5-9-20/h2-4,6-7,10-11H,5,8-9,12-13,21H2,1H3. The lowest BCUT2D eigenvalue weighted by Crippen LogP contribution is -2.60. The molecule has 2 fully saturated rings. The topological polar surface area (TPSA) is 72.9 Å². The molecule has 2 aromatic heterocycles. The molecule has 26 heavy (non-hydrogen) atoms. The Morgan fingerprint density at radius 3 is 2.35 bits per heavy atom. The van der Waals surface area contributed by atoms with Crippen molar-refractivity contribution in [1.82, 2.24) is 19.7 Å². The average molecular weight is 346 g/mol. The Kier molecular flexibility index (Phi) is 3.29. The van der Waals surface area contributed by atoms with Gasteiger partial charge in [0.25, 0.3) is 0 Å². The van der Waals surface area contributed by atoms with E-state index in [2.05, 4.69) is 14.9 Å². The molecule has 0 radical (unpaired) electrons. The number of para-hydroxylation sites is 1. The van der Waals surface area contributed by atoms with E-state index < -0.39 is 0 Å². The van der Waals surface area contributed by atoms with Gasteiger partial charge in [-0.1, -0.05) is 24.6 Å². The zero-order valence-electron chi connectivity index (χ0n) is 14.9. The first-order valence-corrected chi connectivity index (χ1v) is 9.13. The van der Waals surface area contributed by atoms with Crippen molar-refractivity contribution in [2.45, 2.75) is 26.2 Å². The maximum atomic E-state index is 6.28. The van der Waals surface area contributed by atoms with Crippen LogP contribution in [0.1, 0.15) is 24.8 Å². The number of aromatic nitrogens is 4. The van der Waals surface area contributed by atoms with Gasteiger partial charge >= 0.3 is 0 Å². The van der Waals surface area contributed by atoms with Crippen LogP contribution in [0, 0.1) is 12.3 Å². The maximum Gasteiger partial charge on any atom is 0.225 e. The Balaban J connectivity index is 1.42. The molecule has 0 atom stereocenters. The Bertz CT molecular complexity index is 932. The second kappa shape index (κ2) is 5.56. The number of rotatable bonds is 3. The molecule has 0 bridgehead atoms. The highest BCUT2D eigenvalue weighted by molar-refractivity contribution is 5.68. The first kappa shape index (κ1) is 15.4. The van der Waals surface area contributed by atoms with Crippen LogP contribution in [0.3, 0.4) is 0 Å². The summed E-state index contributed by atoms with van der Waals surface area (Å²) >= 11 is 0. The monoisotopic (exact) mass is 346 g/mol. The van der Waals surface area contributed by atoms with Crippen molar-refractivity contribution in [3.05, 3.63) is 48.3 Å². The van der Waals surface area contributed by atoms with Crippen LogP contribution in [0.25, 0.3) is 16.9 Å². The van der Waals surface area contributed by atoms with E-state index in [1.807, 2.05) is 49.6 Å². The summed E-state index contributed by atoms with van der Waals surface area (Å²) in [5.74, 6) is 1.46. The van der Waals surface area contributed by atoms with Crippen LogP contribution < -0.4 is 10.6 Å². The van der Waals surface area contributed by atoms with Gasteiger partial charge in [-0.05, 0) is 31.9 Å². The minimum atomic E-state index is 0.571. The van der Waals surface area contributed by atoms with E-state index in [4.69, 9.17) is 10.8 Å². The Labute approximate surface area is 152 Å². The number of anilines is 2. The molecule has 1 saturated heterocycles. The molecule has 6 heteroatoms. The number of nitrogens with zero attached hydrogens (tertiary/aromatic N) is 5. The highest BCUT2D eigenvalue weighted by atomic mass is 15.3. The van der Waals surface area contributed by atoms with Crippen molar-refractivity contribution in [3.8, 4) is 16.9 Å². The summed E-state index contributed by atoms with van der Waals surface area (Å²) in [6.45, 7) is 4.18. The average Bonchev–Trinajstić information content (AvgIpc) is 2.90. The smallest absolute Gasteiger partial charge is 0.225 e. The van der Waals surface area contributed by atoms with Crippen LogP contribution in [0.15, 0.2) is 42.7 Å². The Hall–Kier alpha value is -2.89. The second-order valence-corrected chi connectivity index (χ2v) is 7.59. The van der Waals surface area contributed by atoms with E-state index in [1.165, 1.54) is 19.3 Å². The van der Waals surface area contributed by atoms with Gasteiger partial charge in [-0.2, -0.15) is 5.10 Å². The van der Waals surface area contributed by atoms with Gasteiger partial charge in [-0.3, -0.25) is 0 Å². The third-order valence-electron chi connectivity index (χ3n) is 5.83. The van der Waals surface area contributed by atoms with E-state index in [0.29, 0.717) is 11.2 Å². The fraction of sp³-hybridized carbons (Fsp3) is 0.350. The highest BCUT2D eigenvalue weighted by Crippen LogP contribution is 2.48. The molecule has 1 saturated carbocycles. The predicted octanol–water partition coefficient (Wildman–Crippen LogP) is 3.21. The second-order valence-electron chi connectivity index (χ2n) is 7.59. The third-order valence-corrected chi connectivity index (χ3v) is 5.83. The first-order valence-electron chi connectivity index (χ1n) is 9.13. The zero-order valence-corrected chi connectivity index (χ0v) is 14.9. The van der Waals surface area contributed by atoms with Gasteiger partial charge in [0, 0.05) is 42.0 Å². The molecule has 2 N–H and O–H groups in total. The minimum absolute atomic E-state index is 0.571. The molecule has 1 spiro atoms. The van der Waals surface area contributed by atoms with E-state index >= 15 is 0 Å². The van der Waals surface area contributed by atoms with Gasteiger partial charge in [-0.25, -0.2) is 14.6 Å². The lowest BCUT2D eigenvalue weighted by atomic mass is 9.64. The van der Waals surface area contributed by atoms with Crippen LogP contribution >= 0.6 is 0 Å². The van der Waals surface area contributed by atoms with Gasteiger partial charge in [-0.15, -0.1) is 0 Å². The summed E-state index contributed by atoms with van der Waals surface area (Å²) in [6.07, 6.45) is 7.81. The Morgan fingerprint density at radius 1 is 1.04 bits per heavy atom. The molecule has 3 heterocycles. The maximum absolute atomic E-state index is 6.28. The molecule has 1 aliphatic carbocycles. The molecule has 0 amide bonds. The Morgan fingerprint density at radius 2 is 1.73 bits per heavy atom. The predicted molar refractivity (Wildman–Crippen MR) is 102 cm³/mol. The molecular weight excluding hydrogens is 324 g/mol. The largest absolute Gasteiger partial charge is 0.383 e. The molecule has 2 aliphatic rings. The molecule has 1 aliphatic heterocycles. The first-order chi connectivity index (χ1) is 12.7. The van der Waals surface area contributed by atoms with E-state index in [9.17, 15) is 0 Å². The van der Waals surface area contributed by atoms with Crippen molar-refractivity contribution < 1.29 is 0 Å². The van der Waals surface area contributed by atoms with Gasteiger partial charge in [0.05, 0.1) is 5.69 Å². The highest BCUT2D eigenvalue weighted by Gasteiger charge is 2.48. The normalized spacial score (nSPS) is 17.8. The molecule has 1 aromatic carbocycles. The lowest BCUT2D eigenvalue weighted by molar-refractivity contribution is 0.0888. The van der Waals surface area contributed by atoms with Crippen molar-refractivity contribution in [1.29, 1.82) is 0 Å². The summed E-state index contributed by atoms with van der Waals surface area (Å²) < 4.78 is 1.77. The van der Waals surface area contributed by atoms with Crippen molar-refractivity contribution in [2.75, 3.05) is 23.7 Å². The van der Waals surface area contributed by atoms with Crippen LogP contribution in [0.4, 0.5) is 11.8 Å². The number of hydrogen-bond donors (Lipinski definition) is 1. The molecule has 6 nitrogen and oxygen atoms in total. The van der Waals surface area contributed by atoms with E-state index in [-0.39, 0.29) is 0 Å². The van der Waals surface area contributed by atoms with E-state index in [0.717, 1.165) is 41.5 Å². The van der Waals surface area contributed by atoms with Gasteiger partial charge in [0.2, 0.25) is 5.95 Å². The fourth-order valence-corrected chi connectivity index (χ4v) is 4.05. The molecule has 0 unspecified atom stereocenters. The summed E-state index contributed by atoms with van der Waals surface area (Å²) in [6, 6.07) is 9.92. The number of nitrogen functional groups attached to an aromatic ring is 1. The van der Waals surface area contributed by atoms with E-state index in [1.54, 1.807) is 4.68 Å². The van der Waals surface area contributed by atoms with Crippen LogP contribution in [-0.4, -0.2) is 32.8 Å². The molecular formula is C20H22N6. The number of hydrogen-bond acceptors (Lipinski definition) is 5. The van der Waals surface area contributed by atoms with Crippen molar-refractivity contribution >= 4 is 11.8 Å². The fourth-order valence-electron chi connectivity index (χ4n) is 4.05. The van der Waals surface area contributed by atoms with Gasteiger partial charge in [0.1, 0.15) is 11.5 Å². The van der Waals surface area contributed by atoms with Crippen molar-refractivity contribution in [3.63, 3.8) is 0 Å². The van der Waals surface area contributed by atoms with Gasteiger partial charge in [0.15, 0.2) is 0 Å². The number of nitrogens with two attached hydrogens (primary N) is 1. The van der Waals surface area contributed by atoms with Crippen LogP contribution in [0.2, 0.25) is 0 Å². The summed E-state index contributed by atoms with van der Waals surface area (Å²) in [4.78, 5) is 11.4. The van der Waals surface area contributed by atoms with Crippen LogP contribution in [0.5, 0.6) is 0 Å². The van der Waals surface area contributed by atoms with Gasteiger partial charge < -0.3 is 10.6 Å². The number of benzene rings is 1. The molecule has 5 rings (SSSR count). The third kappa shape index (κ3) is 2.29. The summed E-state index contributed by atoms with van der Waals surface area (Å²) in [5, 5.41) is 4.70. The minimum Gasteiger partial charge on any atom is -0.383 e. The van der Waals surface area contributed by atoms with Crippen molar-refractivity contribution in [2.24, 2.45) is 5.41 Å².